The molecule has 0 bridgehead atoms. The van der Waals surface area contributed by atoms with E-state index in [1.165, 1.54) is 17.7 Å². The number of nitrogens with zero attached hydrogens (tertiary/aromatic N) is 1. The number of rotatable bonds is 2. The van der Waals surface area contributed by atoms with Gasteiger partial charge in [-0.25, -0.2) is 8.78 Å². The van der Waals surface area contributed by atoms with Gasteiger partial charge in [-0.2, -0.15) is 0 Å². The zero-order chi connectivity index (χ0) is 17.4. The lowest BCUT2D eigenvalue weighted by molar-refractivity contribution is -0.130. The van der Waals surface area contributed by atoms with E-state index < -0.39 is 17.0 Å². The van der Waals surface area contributed by atoms with Crippen LogP contribution in [0.2, 0.25) is 0 Å². The van der Waals surface area contributed by atoms with Crippen molar-refractivity contribution < 1.29 is 13.6 Å². The van der Waals surface area contributed by atoms with Gasteiger partial charge in [-0.15, -0.1) is 0 Å². The van der Waals surface area contributed by atoms with Crippen LogP contribution in [-0.4, -0.2) is 23.9 Å². The van der Waals surface area contributed by atoms with Crippen LogP contribution in [0.3, 0.4) is 0 Å². The van der Waals surface area contributed by atoms with Gasteiger partial charge in [-0.05, 0) is 36.6 Å². The third-order valence-corrected chi connectivity index (χ3v) is 5.41. The quantitative estimate of drug-likeness (QED) is 0.910. The van der Waals surface area contributed by atoms with Crippen LogP contribution in [-0.2, 0) is 24.3 Å². The van der Waals surface area contributed by atoms with E-state index in [0.29, 0.717) is 31.6 Å². The number of hydrogen-bond donors (Lipinski definition) is 1. The molecule has 1 saturated heterocycles. The summed E-state index contributed by atoms with van der Waals surface area (Å²) in [5.41, 5.74) is 2.36. The van der Waals surface area contributed by atoms with Gasteiger partial charge in [-0.1, -0.05) is 30.3 Å². The molecular weight excluding hydrogens is 322 g/mol. The van der Waals surface area contributed by atoms with E-state index in [9.17, 15) is 13.6 Å². The zero-order valence-corrected chi connectivity index (χ0v) is 13.9. The predicted molar refractivity (Wildman–Crippen MR) is 90.7 cm³/mol. The average molecular weight is 342 g/mol. The Hall–Kier alpha value is -2.27. The first-order chi connectivity index (χ1) is 12.1. The minimum Gasteiger partial charge on any atom is -0.351 e. The lowest BCUT2D eigenvalue weighted by Gasteiger charge is -2.26. The van der Waals surface area contributed by atoms with Crippen LogP contribution in [0.25, 0.3) is 0 Å². The molecule has 1 atom stereocenters. The van der Waals surface area contributed by atoms with E-state index in [0.717, 1.165) is 24.6 Å². The molecule has 1 spiro atoms. The summed E-state index contributed by atoms with van der Waals surface area (Å²) in [7, 11) is 0. The molecule has 2 aromatic rings. The van der Waals surface area contributed by atoms with E-state index >= 15 is 0 Å². The van der Waals surface area contributed by atoms with Crippen LogP contribution >= 0.6 is 0 Å². The Balaban J connectivity index is 1.55. The molecule has 0 radical (unpaired) electrons. The van der Waals surface area contributed by atoms with Gasteiger partial charge in [0.2, 0.25) is 5.91 Å². The topological polar surface area (TPSA) is 32.3 Å². The second-order valence-electron chi connectivity index (χ2n) is 7.10. The summed E-state index contributed by atoms with van der Waals surface area (Å²) in [5.74, 6) is -1.03. The second kappa shape index (κ2) is 6.23. The van der Waals surface area contributed by atoms with E-state index in [2.05, 4.69) is 22.3 Å². The average Bonchev–Trinajstić information content (AvgIpc) is 2.94. The fourth-order valence-corrected chi connectivity index (χ4v) is 4.02. The van der Waals surface area contributed by atoms with E-state index in [1.807, 2.05) is 12.1 Å². The summed E-state index contributed by atoms with van der Waals surface area (Å²) >= 11 is 0. The van der Waals surface area contributed by atoms with Crippen LogP contribution < -0.4 is 5.32 Å². The molecule has 1 unspecified atom stereocenters. The van der Waals surface area contributed by atoms with Gasteiger partial charge < -0.3 is 5.32 Å². The van der Waals surface area contributed by atoms with Gasteiger partial charge in [0.25, 0.3) is 0 Å². The molecule has 3 nitrogen and oxygen atoms in total. The SMILES string of the molecule is O=C1NCc2ccccc2CC12CCN(Cc1ccc(F)cc1F)C2. The van der Waals surface area contributed by atoms with Crippen LogP contribution in [0, 0.1) is 17.0 Å². The van der Waals surface area contributed by atoms with Crippen molar-refractivity contribution >= 4 is 5.91 Å². The molecule has 1 fully saturated rings. The molecule has 130 valence electrons. The summed E-state index contributed by atoms with van der Waals surface area (Å²) in [5, 5.41) is 3.05. The van der Waals surface area contributed by atoms with Crippen molar-refractivity contribution in [3.8, 4) is 0 Å². The maximum atomic E-state index is 13.9. The van der Waals surface area contributed by atoms with Crippen molar-refractivity contribution in [3.05, 3.63) is 70.8 Å². The fourth-order valence-electron chi connectivity index (χ4n) is 4.02. The normalized spacial score (nSPS) is 23.4. The molecule has 2 heterocycles. The van der Waals surface area contributed by atoms with Gasteiger partial charge in [0.05, 0.1) is 5.41 Å². The highest BCUT2D eigenvalue weighted by Crippen LogP contribution is 2.37. The third kappa shape index (κ3) is 3.04. The number of hydrogen-bond acceptors (Lipinski definition) is 2. The first-order valence-corrected chi connectivity index (χ1v) is 8.57. The number of fused-ring (bicyclic) bond motifs is 1. The van der Waals surface area contributed by atoms with Gasteiger partial charge in [0.15, 0.2) is 0 Å². The first-order valence-electron chi connectivity index (χ1n) is 8.57. The van der Waals surface area contributed by atoms with Gasteiger partial charge in [0.1, 0.15) is 11.6 Å². The Morgan fingerprint density at radius 3 is 2.72 bits per heavy atom. The number of amides is 1. The predicted octanol–water partition coefficient (Wildman–Crippen LogP) is 3.03. The smallest absolute Gasteiger partial charge is 0.228 e. The summed E-state index contributed by atoms with van der Waals surface area (Å²) in [6.07, 6.45) is 1.45. The highest BCUT2D eigenvalue weighted by Gasteiger charge is 2.45. The molecule has 2 aliphatic rings. The molecule has 0 saturated carbocycles. The standard InChI is InChI=1S/C20H20F2N2O/c21-17-6-5-16(18(22)9-17)12-24-8-7-20(13-24)10-14-3-1-2-4-15(14)11-23-19(20)25/h1-6,9H,7-8,10-13H2,(H,23,25). The number of benzene rings is 2. The van der Waals surface area contributed by atoms with Crippen LogP contribution in [0.15, 0.2) is 42.5 Å². The van der Waals surface area contributed by atoms with Crippen molar-refractivity contribution in [2.24, 2.45) is 5.41 Å². The summed E-state index contributed by atoms with van der Waals surface area (Å²) in [6.45, 7) is 2.27. The molecule has 25 heavy (non-hydrogen) atoms. The van der Waals surface area contributed by atoms with Gasteiger partial charge in [-0.3, -0.25) is 9.69 Å². The Kier molecular flexibility index (Phi) is 4.04. The van der Waals surface area contributed by atoms with Crippen molar-refractivity contribution in [1.82, 2.24) is 10.2 Å². The summed E-state index contributed by atoms with van der Waals surface area (Å²) < 4.78 is 27.0. The van der Waals surface area contributed by atoms with Crippen LogP contribution in [0.1, 0.15) is 23.1 Å². The molecule has 0 aliphatic carbocycles. The molecule has 1 amide bonds. The van der Waals surface area contributed by atoms with E-state index in [4.69, 9.17) is 0 Å². The van der Waals surface area contributed by atoms with E-state index in [-0.39, 0.29) is 5.91 Å². The minimum absolute atomic E-state index is 0.0748. The number of carbonyl (C=O) groups is 1. The highest BCUT2D eigenvalue weighted by molar-refractivity contribution is 5.84. The van der Waals surface area contributed by atoms with Crippen molar-refractivity contribution in [1.29, 1.82) is 0 Å². The Morgan fingerprint density at radius 2 is 1.92 bits per heavy atom. The lowest BCUT2D eigenvalue weighted by Crippen LogP contribution is -2.42. The first kappa shape index (κ1) is 16.2. The van der Waals surface area contributed by atoms with Gasteiger partial charge in [0, 0.05) is 31.3 Å². The van der Waals surface area contributed by atoms with Crippen LogP contribution in [0.4, 0.5) is 8.78 Å². The maximum Gasteiger partial charge on any atom is 0.228 e. The zero-order valence-electron chi connectivity index (χ0n) is 13.9. The fraction of sp³-hybridized carbons (Fsp3) is 0.350. The maximum absolute atomic E-state index is 13.9. The Bertz CT molecular complexity index is 823. The largest absolute Gasteiger partial charge is 0.351 e. The molecule has 1 N–H and O–H groups in total. The summed E-state index contributed by atoms with van der Waals surface area (Å²) in [4.78, 5) is 14.8. The van der Waals surface area contributed by atoms with Gasteiger partial charge >= 0.3 is 0 Å². The lowest BCUT2D eigenvalue weighted by atomic mass is 9.80. The van der Waals surface area contributed by atoms with E-state index in [1.54, 1.807) is 0 Å². The summed E-state index contributed by atoms with van der Waals surface area (Å²) in [6, 6.07) is 11.8. The molecule has 2 aromatic carbocycles. The van der Waals surface area contributed by atoms with Crippen LogP contribution in [0.5, 0.6) is 0 Å². The third-order valence-electron chi connectivity index (χ3n) is 5.41. The number of likely N-dealkylation sites (tertiary alicyclic amines) is 1. The Labute approximate surface area is 145 Å². The highest BCUT2D eigenvalue weighted by atomic mass is 19.1. The molecule has 0 aromatic heterocycles. The molecule has 2 aliphatic heterocycles. The minimum atomic E-state index is -0.570. The van der Waals surface area contributed by atoms with Crippen molar-refractivity contribution in [2.45, 2.75) is 25.9 Å². The number of halogens is 2. The van der Waals surface area contributed by atoms with Crippen molar-refractivity contribution in [3.63, 3.8) is 0 Å². The monoisotopic (exact) mass is 342 g/mol. The number of nitrogens with one attached hydrogen (secondary N) is 1. The Morgan fingerprint density at radius 1 is 1.12 bits per heavy atom. The second-order valence-corrected chi connectivity index (χ2v) is 7.10. The molecule has 4 rings (SSSR count). The molecular formula is C20H20F2N2O. The molecule has 5 heteroatoms. The van der Waals surface area contributed by atoms with Crippen molar-refractivity contribution in [2.75, 3.05) is 13.1 Å². The number of carbonyl (C=O) groups excluding carboxylic acids is 1.